The molecule has 1 aromatic rings. The second-order valence-electron chi connectivity index (χ2n) is 5.96. The summed E-state index contributed by atoms with van der Waals surface area (Å²) in [5.41, 5.74) is 1.29. The molecule has 1 aliphatic rings. The Hall–Kier alpha value is -1.56. The summed E-state index contributed by atoms with van der Waals surface area (Å²) in [5.74, 6) is 0.759. The fourth-order valence-corrected chi connectivity index (χ4v) is 3.30. The van der Waals surface area contributed by atoms with Gasteiger partial charge in [0.2, 0.25) is 5.91 Å². The molecule has 22 heavy (non-hydrogen) atoms. The Morgan fingerprint density at radius 1 is 1.41 bits per heavy atom. The van der Waals surface area contributed by atoms with Crippen molar-refractivity contribution in [1.82, 2.24) is 15.5 Å². The van der Waals surface area contributed by atoms with Gasteiger partial charge >= 0.3 is 0 Å². The summed E-state index contributed by atoms with van der Waals surface area (Å²) in [6, 6.07) is 2.60. The van der Waals surface area contributed by atoms with Gasteiger partial charge in [0.05, 0.1) is 6.54 Å². The Balaban J connectivity index is 1.95. The van der Waals surface area contributed by atoms with E-state index >= 15 is 0 Å². The fourth-order valence-electron chi connectivity index (χ4n) is 2.45. The van der Waals surface area contributed by atoms with Crippen molar-refractivity contribution < 1.29 is 4.79 Å². The number of rotatable bonds is 5. The molecule has 0 saturated heterocycles. The zero-order valence-electron chi connectivity index (χ0n) is 13.7. The number of amides is 1. The van der Waals surface area contributed by atoms with E-state index in [0.29, 0.717) is 6.04 Å². The van der Waals surface area contributed by atoms with Gasteiger partial charge < -0.3 is 15.5 Å². The number of thiophene rings is 1. The van der Waals surface area contributed by atoms with Crippen LogP contribution in [0.5, 0.6) is 0 Å². The van der Waals surface area contributed by atoms with E-state index in [-0.39, 0.29) is 12.5 Å². The molecule has 0 spiro atoms. The second kappa shape index (κ2) is 8.17. The van der Waals surface area contributed by atoms with Gasteiger partial charge in [0.25, 0.3) is 0 Å². The maximum Gasteiger partial charge on any atom is 0.243 e. The van der Waals surface area contributed by atoms with E-state index in [1.54, 1.807) is 30.3 Å². The molecule has 1 aliphatic carbocycles. The number of aryl methyl sites for hydroxylation is 1. The fraction of sp³-hybridized carbons (Fsp3) is 0.625. The lowest BCUT2D eigenvalue weighted by atomic mass is 10.2. The molecule has 1 amide bonds. The quantitative estimate of drug-likeness (QED) is 0.645. The maximum atomic E-state index is 11.7. The highest BCUT2D eigenvalue weighted by atomic mass is 32.1. The number of guanidine groups is 1. The van der Waals surface area contributed by atoms with Crippen LogP contribution in [0.15, 0.2) is 16.4 Å². The first-order valence-electron chi connectivity index (χ1n) is 7.84. The maximum absolute atomic E-state index is 11.7. The summed E-state index contributed by atoms with van der Waals surface area (Å²) in [6.45, 7) is 3.04. The third kappa shape index (κ3) is 5.02. The molecule has 2 rings (SSSR count). The van der Waals surface area contributed by atoms with Crippen molar-refractivity contribution in [3.8, 4) is 0 Å². The van der Waals surface area contributed by atoms with E-state index in [2.05, 4.69) is 34.0 Å². The summed E-state index contributed by atoms with van der Waals surface area (Å²) in [7, 11) is 3.51. The Labute approximate surface area is 136 Å². The molecule has 6 heteroatoms. The van der Waals surface area contributed by atoms with Crippen LogP contribution in [0.1, 0.15) is 36.1 Å². The second-order valence-corrected chi connectivity index (χ2v) is 6.96. The van der Waals surface area contributed by atoms with Gasteiger partial charge in [0.15, 0.2) is 5.96 Å². The molecule has 2 N–H and O–H groups in total. The minimum absolute atomic E-state index is 0.0137. The minimum Gasteiger partial charge on any atom is -0.354 e. The van der Waals surface area contributed by atoms with Gasteiger partial charge in [-0.25, -0.2) is 4.99 Å². The predicted octanol–water partition coefficient (Wildman–Crippen LogP) is 2.12. The van der Waals surface area contributed by atoms with E-state index in [1.165, 1.54) is 36.1 Å². The lowest BCUT2D eigenvalue weighted by Crippen LogP contribution is -2.42. The van der Waals surface area contributed by atoms with Crippen LogP contribution in [0.25, 0.3) is 0 Å². The minimum atomic E-state index is 0.0137. The number of hydrogen-bond donors (Lipinski definition) is 2. The average molecular weight is 322 g/mol. The molecule has 1 aromatic heterocycles. The highest BCUT2D eigenvalue weighted by Crippen LogP contribution is 2.18. The normalized spacial score (nSPS) is 15.9. The Bertz CT molecular complexity index is 518. The lowest BCUT2D eigenvalue weighted by Gasteiger charge is -2.18. The number of likely N-dealkylation sites (N-methyl/N-ethyl adjacent to an activating group) is 1. The van der Waals surface area contributed by atoms with Crippen molar-refractivity contribution in [3.63, 3.8) is 0 Å². The monoisotopic (exact) mass is 322 g/mol. The molecule has 1 saturated carbocycles. The van der Waals surface area contributed by atoms with Crippen LogP contribution < -0.4 is 10.6 Å². The third-order valence-electron chi connectivity index (χ3n) is 3.95. The van der Waals surface area contributed by atoms with Crippen LogP contribution >= 0.6 is 11.3 Å². The summed E-state index contributed by atoms with van der Waals surface area (Å²) in [4.78, 5) is 19.1. The summed E-state index contributed by atoms with van der Waals surface area (Å²) in [5, 5.41) is 8.93. The van der Waals surface area contributed by atoms with Crippen LogP contribution in [0.2, 0.25) is 0 Å². The van der Waals surface area contributed by atoms with Gasteiger partial charge in [-0.2, -0.15) is 0 Å². The number of carbonyl (C=O) groups is 1. The molecule has 1 heterocycles. The van der Waals surface area contributed by atoms with E-state index in [0.717, 1.165) is 12.5 Å². The topological polar surface area (TPSA) is 56.7 Å². The van der Waals surface area contributed by atoms with Crippen molar-refractivity contribution in [2.75, 3.05) is 20.6 Å². The zero-order valence-corrected chi connectivity index (χ0v) is 14.5. The van der Waals surface area contributed by atoms with Crippen molar-refractivity contribution in [2.45, 2.75) is 45.2 Å². The van der Waals surface area contributed by atoms with E-state index in [9.17, 15) is 4.79 Å². The molecular weight excluding hydrogens is 296 g/mol. The third-order valence-corrected chi connectivity index (χ3v) is 4.97. The van der Waals surface area contributed by atoms with E-state index in [4.69, 9.17) is 0 Å². The molecule has 122 valence electrons. The van der Waals surface area contributed by atoms with Gasteiger partial charge in [-0.15, -0.1) is 11.3 Å². The Morgan fingerprint density at radius 2 is 2.14 bits per heavy atom. The van der Waals surface area contributed by atoms with Gasteiger partial charge in [-0.1, -0.05) is 12.8 Å². The molecule has 0 unspecified atom stereocenters. The standard InChI is InChI=1S/C16H26N4OS/c1-12-8-9-22-14(12)10-17-16(18-11-15(21)20(2)3)19-13-6-4-5-7-13/h8-9,13H,4-7,10-11H2,1-3H3,(H2,17,18,19). The number of aliphatic imine (C=N–C) groups is 1. The van der Waals surface area contributed by atoms with E-state index in [1.807, 2.05) is 0 Å². The van der Waals surface area contributed by atoms with Crippen molar-refractivity contribution in [1.29, 1.82) is 0 Å². The van der Waals surface area contributed by atoms with Crippen LogP contribution in [-0.4, -0.2) is 43.4 Å². The summed E-state index contributed by atoms with van der Waals surface area (Å²) in [6.07, 6.45) is 4.90. The highest BCUT2D eigenvalue weighted by molar-refractivity contribution is 7.10. The summed E-state index contributed by atoms with van der Waals surface area (Å²) >= 11 is 1.74. The number of hydrogen-bond acceptors (Lipinski definition) is 3. The average Bonchev–Trinajstić information content (AvgIpc) is 3.13. The molecule has 5 nitrogen and oxygen atoms in total. The largest absolute Gasteiger partial charge is 0.354 e. The van der Waals surface area contributed by atoms with Crippen molar-refractivity contribution >= 4 is 23.2 Å². The summed E-state index contributed by atoms with van der Waals surface area (Å²) < 4.78 is 0. The van der Waals surface area contributed by atoms with Crippen LogP contribution in [0.3, 0.4) is 0 Å². The van der Waals surface area contributed by atoms with Crippen LogP contribution in [0.4, 0.5) is 0 Å². The Morgan fingerprint density at radius 3 is 2.73 bits per heavy atom. The van der Waals surface area contributed by atoms with Crippen LogP contribution in [-0.2, 0) is 11.3 Å². The lowest BCUT2D eigenvalue weighted by molar-refractivity contribution is -0.127. The molecule has 0 atom stereocenters. The van der Waals surface area contributed by atoms with Crippen molar-refractivity contribution in [2.24, 2.45) is 4.99 Å². The molecule has 0 aliphatic heterocycles. The molecule has 1 fully saturated rings. The molecule has 0 bridgehead atoms. The predicted molar refractivity (Wildman–Crippen MR) is 92.3 cm³/mol. The smallest absolute Gasteiger partial charge is 0.243 e. The first-order valence-corrected chi connectivity index (χ1v) is 8.72. The van der Waals surface area contributed by atoms with Gasteiger partial charge in [0, 0.05) is 25.0 Å². The van der Waals surface area contributed by atoms with Gasteiger partial charge in [-0.05, 0) is 36.8 Å². The van der Waals surface area contributed by atoms with Gasteiger partial charge in [0.1, 0.15) is 6.54 Å². The molecule has 0 radical (unpaired) electrons. The Kier molecular flexibility index (Phi) is 6.24. The van der Waals surface area contributed by atoms with Gasteiger partial charge in [-0.3, -0.25) is 4.79 Å². The molecule has 0 aromatic carbocycles. The van der Waals surface area contributed by atoms with Crippen molar-refractivity contribution in [3.05, 3.63) is 21.9 Å². The van der Waals surface area contributed by atoms with E-state index < -0.39 is 0 Å². The molecular formula is C16H26N4OS. The first kappa shape index (κ1) is 16.8. The zero-order chi connectivity index (χ0) is 15.9. The number of nitrogens with zero attached hydrogens (tertiary/aromatic N) is 2. The SMILES string of the molecule is Cc1ccsc1CNC(=NCC(=O)N(C)C)NC1CCCC1. The number of carbonyl (C=O) groups excluding carboxylic acids is 1. The number of nitrogens with one attached hydrogen (secondary N) is 2. The van der Waals surface area contributed by atoms with Crippen LogP contribution in [0, 0.1) is 6.92 Å². The highest BCUT2D eigenvalue weighted by Gasteiger charge is 2.16. The first-order chi connectivity index (χ1) is 10.6.